The Labute approximate surface area is 120 Å². The minimum atomic E-state index is -1.03. The first-order valence-electron chi connectivity index (χ1n) is 6.14. The molecule has 0 aliphatic heterocycles. The average molecular weight is 290 g/mol. The molecule has 2 rings (SSSR count). The van der Waals surface area contributed by atoms with Gasteiger partial charge in [-0.15, -0.1) is 0 Å². The Bertz CT molecular complexity index is 705. The summed E-state index contributed by atoms with van der Waals surface area (Å²) in [6.45, 7) is 1.94. The lowest BCUT2D eigenvalue weighted by atomic mass is 10.2. The second-order valence-corrected chi connectivity index (χ2v) is 4.54. The Hall–Kier alpha value is -2.83. The Kier molecular flexibility index (Phi) is 3.93. The first kappa shape index (κ1) is 14.6. The van der Waals surface area contributed by atoms with Crippen molar-refractivity contribution in [3.05, 3.63) is 57.4 Å². The van der Waals surface area contributed by atoms with Crippen LogP contribution in [-0.4, -0.2) is 27.7 Å². The summed E-state index contributed by atoms with van der Waals surface area (Å²) in [5.74, 6) is -0.855. The van der Waals surface area contributed by atoms with Gasteiger partial charge in [0.2, 0.25) is 0 Å². The van der Waals surface area contributed by atoms with Crippen LogP contribution in [0.4, 0.5) is 5.69 Å². The second kappa shape index (κ2) is 5.66. The van der Waals surface area contributed by atoms with Gasteiger partial charge in [0.25, 0.3) is 0 Å². The molecule has 0 aliphatic rings. The smallest absolute Gasteiger partial charge is 0.352 e. The number of hydrogen-bond acceptors (Lipinski definition) is 4. The fraction of sp³-hybridized carbons (Fsp3) is 0.214. The Balaban J connectivity index is 2.39. The molecule has 0 spiro atoms. The van der Waals surface area contributed by atoms with Gasteiger partial charge in [-0.2, -0.15) is 0 Å². The minimum absolute atomic E-state index is 0.143. The number of aromatic nitrogens is 1. The standard InChI is InChI=1S/C14H14N2O5/c1-9-5-6-15(13(9)14(17)18)8-10-3-4-12(21-2)11(7-10)16(19)20/h3-7H,8H2,1-2H3,(H,17,18). The number of methoxy groups -OCH3 is 1. The van der Waals surface area contributed by atoms with Crippen LogP contribution in [0.3, 0.4) is 0 Å². The molecule has 7 nitrogen and oxygen atoms in total. The third-order valence-corrected chi connectivity index (χ3v) is 3.16. The van der Waals surface area contributed by atoms with Gasteiger partial charge in [-0.3, -0.25) is 10.1 Å². The second-order valence-electron chi connectivity index (χ2n) is 4.54. The molecule has 0 fully saturated rings. The Morgan fingerprint density at radius 2 is 2.14 bits per heavy atom. The van der Waals surface area contributed by atoms with Crippen LogP contribution < -0.4 is 4.74 Å². The zero-order valence-corrected chi connectivity index (χ0v) is 11.6. The number of aromatic carboxylic acids is 1. The van der Waals surface area contributed by atoms with Gasteiger partial charge in [0, 0.05) is 18.8 Å². The lowest BCUT2D eigenvalue weighted by Gasteiger charge is -2.08. The average Bonchev–Trinajstić information content (AvgIpc) is 2.79. The maximum Gasteiger partial charge on any atom is 0.352 e. The number of carboxylic acids is 1. The van der Waals surface area contributed by atoms with Gasteiger partial charge in [0.05, 0.1) is 12.0 Å². The van der Waals surface area contributed by atoms with E-state index in [9.17, 15) is 20.0 Å². The summed E-state index contributed by atoms with van der Waals surface area (Å²) >= 11 is 0. The van der Waals surface area contributed by atoms with Crippen LogP contribution in [0.15, 0.2) is 30.5 Å². The van der Waals surface area contributed by atoms with Crippen LogP contribution in [0.25, 0.3) is 0 Å². The third kappa shape index (κ3) is 2.86. The van der Waals surface area contributed by atoms with E-state index in [1.807, 2.05) is 0 Å². The summed E-state index contributed by atoms with van der Waals surface area (Å²) in [5.41, 5.74) is 1.30. The van der Waals surface area contributed by atoms with Crippen molar-refractivity contribution >= 4 is 11.7 Å². The molecule has 0 aliphatic carbocycles. The normalized spacial score (nSPS) is 10.4. The van der Waals surface area contributed by atoms with Gasteiger partial charge >= 0.3 is 11.7 Å². The SMILES string of the molecule is COc1ccc(Cn2ccc(C)c2C(=O)O)cc1[N+](=O)[O-]. The van der Waals surface area contributed by atoms with Gasteiger partial charge in [0.1, 0.15) is 5.69 Å². The predicted molar refractivity (Wildman–Crippen MR) is 74.9 cm³/mol. The number of benzene rings is 1. The van der Waals surface area contributed by atoms with E-state index in [1.54, 1.807) is 29.8 Å². The van der Waals surface area contributed by atoms with Crippen LogP contribution in [-0.2, 0) is 6.54 Å². The topological polar surface area (TPSA) is 94.6 Å². The van der Waals surface area contributed by atoms with Crippen LogP contribution in [0.5, 0.6) is 5.75 Å². The van der Waals surface area contributed by atoms with Crippen molar-refractivity contribution < 1.29 is 19.6 Å². The van der Waals surface area contributed by atoms with Crippen molar-refractivity contribution in [2.75, 3.05) is 7.11 Å². The largest absolute Gasteiger partial charge is 0.490 e. The molecule has 0 unspecified atom stereocenters. The maximum atomic E-state index is 11.2. The zero-order chi connectivity index (χ0) is 15.6. The number of hydrogen-bond donors (Lipinski definition) is 1. The highest BCUT2D eigenvalue weighted by molar-refractivity contribution is 5.87. The molecule has 0 amide bonds. The highest BCUT2D eigenvalue weighted by Crippen LogP contribution is 2.28. The molecular weight excluding hydrogens is 276 g/mol. The minimum Gasteiger partial charge on any atom is -0.490 e. The van der Waals surface area contributed by atoms with Crippen LogP contribution >= 0.6 is 0 Å². The molecule has 0 radical (unpaired) electrons. The number of aryl methyl sites for hydroxylation is 1. The Morgan fingerprint density at radius 3 is 2.71 bits per heavy atom. The first-order valence-corrected chi connectivity index (χ1v) is 6.14. The van der Waals surface area contributed by atoms with Gasteiger partial charge in [-0.25, -0.2) is 4.79 Å². The van der Waals surface area contributed by atoms with Gasteiger partial charge in [-0.1, -0.05) is 6.07 Å². The van der Waals surface area contributed by atoms with E-state index in [2.05, 4.69) is 0 Å². The predicted octanol–water partition coefficient (Wildman–Crippen LogP) is 2.46. The molecular formula is C14H14N2O5. The first-order chi connectivity index (χ1) is 9.93. The van der Waals surface area contributed by atoms with Crippen molar-refractivity contribution in [1.29, 1.82) is 0 Å². The van der Waals surface area contributed by atoms with E-state index < -0.39 is 10.9 Å². The molecule has 1 heterocycles. The number of nitro benzene ring substituents is 1. The fourth-order valence-corrected chi connectivity index (χ4v) is 2.18. The number of carboxylic acid groups (broad SMARTS) is 1. The van der Waals surface area contributed by atoms with E-state index in [-0.39, 0.29) is 23.7 Å². The van der Waals surface area contributed by atoms with Crippen molar-refractivity contribution in [3.8, 4) is 5.75 Å². The van der Waals surface area contributed by atoms with Crippen LogP contribution in [0, 0.1) is 17.0 Å². The number of carbonyl (C=O) groups is 1. The molecule has 0 saturated heterocycles. The zero-order valence-electron chi connectivity index (χ0n) is 11.6. The summed E-state index contributed by atoms with van der Waals surface area (Å²) in [6, 6.07) is 6.26. The lowest BCUT2D eigenvalue weighted by molar-refractivity contribution is -0.385. The molecule has 21 heavy (non-hydrogen) atoms. The summed E-state index contributed by atoms with van der Waals surface area (Å²) in [6.07, 6.45) is 1.65. The van der Waals surface area contributed by atoms with Crippen molar-refractivity contribution in [1.82, 2.24) is 4.57 Å². The summed E-state index contributed by atoms with van der Waals surface area (Å²) < 4.78 is 6.48. The van der Waals surface area contributed by atoms with Crippen LogP contribution in [0.2, 0.25) is 0 Å². The molecule has 2 aromatic rings. The number of nitrogens with zero attached hydrogens (tertiary/aromatic N) is 2. The molecule has 0 saturated carbocycles. The lowest BCUT2D eigenvalue weighted by Crippen LogP contribution is -2.10. The van der Waals surface area contributed by atoms with E-state index in [4.69, 9.17) is 4.74 Å². The number of nitro groups is 1. The van der Waals surface area contributed by atoms with Gasteiger partial charge < -0.3 is 14.4 Å². The van der Waals surface area contributed by atoms with Crippen molar-refractivity contribution in [2.45, 2.75) is 13.5 Å². The van der Waals surface area contributed by atoms with Gasteiger partial charge in [-0.05, 0) is 30.2 Å². The molecule has 7 heteroatoms. The van der Waals surface area contributed by atoms with E-state index in [0.717, 1.165) is 0 Å². The maximum absolute atomic E-state index is 11.2. The summed E-state index contributed by atoms with van der Waals surface area (Å²) in [5, 5.41) is 20.2. The monoisotopic (exact) mass is 290 g/mol. The summed E-state index contributed by atoms with van der Waals surface area (Å²) in [4.78, 5) is 21.7. The van der Waals surface area contributed by atoms with Crippen molar-refractivity contribution in [2.24, 2.45) is 0 Å². The molecule has 1 aromatic carbocycles. The molecule has 0 atom stereocenters. The quantitative estimate of drug-likeness (QED) is 0.674. The summed E-state index contributed by atoms with van der Waals surface area (Å²) in [7, 11) is 1.36. The fourth-order valence-electron chi connectivity index (χ4n) is 2.18. The molecule has 110 valence electrons. The molecule has 1 N–H and O–H groups in total. The Morgan fingerprint density at radius 1 is 1.43 bits per heavy atom. The highest BCUT2D eigenvalue weighted by Gasteiger charge is 2.17. The number of rotatable bonds is 5. The van der Waals surface area contributed by atoms with Gasteiger partial charge in [0.15, 0.2) is 5.75 Å². The highest BCUT2D eigenvalue weighted by atomic mass is 16.6. The van der Waals surface area contributed by atoms with E-state index >= 15 is 0 Å². The van der Waals surface area contributed by atoms with Crippen molar-refractivity contribution in [3.63, 3.8) is 0 Å². The molecule has 1 aromatic heterocycles. The number of ether oxygens (including phenoxy) is 1. The third-order valence-electron chi connectivity index (χ3n) is 3.16. The van der Waals surface area contributed by atoms with E-state index in [1.165, 1.54) is 19.2 Å². The van der Waals surface area contributed by atoms with E-state index in [0.29, 0.717) is 11.1 Å². The van der Waals surface area contributed by atoms with Crippen LogP contribution in [0.1, 0.15) is 21.6 Å². The molecule has 0 bridgehead atoms.